The maximum absolute atomic E-state index is 10.8. The van der Waals surface area contributed by atoms with Gasteiger partial charge in [0.05, 0.1) is 12.7 Å². The number of aliphatic hydroxyl groups is 1. The Hall–Kier alpha value is -3.31. The van der Waals surface area contributed by atoms with Gasteiger partial charge < -0.3 is 20.3 Å². The molecule has 0 aliphatic heterocycles. The Morgan fingerprint density at radius 1 is 0.875 bits per heavy atom. The van der Waals surface area contributed by atoms with Gasteiger partial charge in [0.15, 0.2) is 0 Å². The molecule has 0 unspecified atom stereocenters. The minimum atomic E-state index is -0.824. The number of nitrogens with one attached hydrogen (secondary N) is 1. The van der Waals surface area contributed by atoms with Crippen LogP contribution >= 0.6 is 0 Å². The summed E-state index contributed by atoms with van der Waals surface area (Å²) >= 11 is 0. The molecule has 1 atom stereocenters. The van der Waals surface area contributed by atoms with Crippen molar-refractivity contribution in [3.63, 3.8) is 0 Å². The third-order valence-electron chi connectivity index (χ3n) is 5.32. The lowest BCUT2D eigenvalue weighted by Crippen LogP contribution is -2.13. The molecule has 3 aromatic rings. The van der Waals surface area contributed by atoms with E-state index >= 15 is 0 Å². The summed E-state index contributed by atoms with van der Waals surface area (Å²) in [5.74, 6) is -0.132. The maximum atomic E-state index is 10.8. The first-order valence-electron chi connectivity index (χ1n) is 11.1. The smallest absolute Gasteiger partial charge is 0.303 e. The Bertz CT molecular complexity index is 974. The van der Waals surface area contributed by atoms with Crippen molar-refractivity contribution in [3.05, 3.63) is 95.6 Å². The van der Waals surface area contributed by atoms with Crippen LogP contribution in [0.25, 0.3) is 0 Å². The van der Waals surface area contributed by atoms with Gasteiger partial charge in [-0.05, 0) is 54.2 Å². The van der Waals surface area contributed by atoms with Crippen LogP contribution < -0.4 is 10.1 Å². The summed E-state index contributed by atoms with van der Waals surface area (Å²) in [6.45, 7) is 1.17. The number of benzene rings is 3. The fourth-order valence-corrected chi connectivity index (χ4v) is 3.51. The fourth-order valence-electron chi connectivity index (χ4n) is 3.51. The lowest BCUT2D eigenvalue weighted by atomic mass is 10.0. The number of aryl methyl sites for hydroxylation is 2. The molecular formula is C27H31NO4. The number of hydrogen-bond donors (Lipinski definition) is 3. The van der Waals surface area contributed by atoms with Gasteiger partial charge in [0, 0.05) is 25.1 Å². The largest absolute Gasteiger partial charge is 0.493 e. The highest BCUT2D eigenvalue weighted by molar-refractivity contribution is 5.67. The third kappa shape index (κ3) is 8.08. The SMILES string of the molecule is O=C(O)CCc1ccccc1OCC[C@@H](O)CCc1cccc(NCc2ccccc2)c1. The fraction of sp³-hybridized carbons (Fsp3) is 0.296. The number of para-hydroxylation sites is 1. The third-order valence-corrected chi connectivity index (χ3v) is 5.32. The lowest BCUT2D eigenvalue weighted by Gasteiger charge is -2.14. The van der Waals surface area contributed by atoms with Crippen molar-refractivity contribution in [3.8, 4) is 5.75 Å². The Morgan fingerprint density at radius 2 is 1.62 bits per heavy atom. The van der Waals surface area contributed by atoms with Crippen molar-refractivity contribution in [2.45, 2.75) is 44.8 Å². The quantitative estimate of drug-likeness (QED) is 0.350. The number of ether oxygens (including phenoxy) is 1. The zero-order valence-electron chi connectivity index (χ0n) is 18.2. The van der Waals surface area contributed by atoms with Crippen molar-refractivity contribution in [2.75, 3.05) is 11.9 Å². The number of anilines is 1. The highest BCUT2D eigenvalue weighted by Crippen LogP contribution is 2.20. The van der Waals surface area contributed by atoms with Crippen LogP contribution in [0.5, 0.6) is 5.75 Å². The van der Waals surface area contributed by atoms with Gasteiger partial charge in [0.2, 0.25) is 0 Å². The Kier molecular flexibility index (Phi) is 9.14. The molecule has 3 N–H and O–H groups in total. The monoisotopic (exact) mass is 433 g/mol. The molecule has 0 radical (unpaired) electrons. The number of carboxylic acids is 1. The molecule has 0 bridgehead atoms. The van der Waals surface area contributed by atoms with Crippen LogP contribution in [0, 0.1) is 0 Å². The van der Waals surface area contributed by atoms with E-state index in [0.717, 1.165) is 24.2 Å². The number of carbonyl (C=O) groups is 1. The van der Waals surface area contributed by atoms with Crippen LogP contribution in [0.3, 0.4) is 0 Å². The topological polar surface area (TPSA) is 78.8 Å². The van der Waals surface area contributed by atoms with E-state index in [1.165, 1.54) is 11.1 Å². The Labute approximate surface area is 189 Å². The summed E-state index contributed by atoms with van der Waals surface area (Å²) in [4.78, 5) is 10.8. The van der Waals surface area contributed by atoms with E-state index in [0.29, 0.717) is 31.6 Å². The Morgan fingerprint density at radius 3 is 2.44 bits per heavy atom. The van der Waals surface area contributed by atoms with Crippen LogP contribution in [0.4, 0.5) is 5.69 Å². The average molecular weight is 434 g/mol. The maximum Gasteiger partial charge on any atom is 0.303 e. The summed E-state index contributed by atoms with van der Waals surface area (Å²) in [7, 11) is 0. The summed E-state index contributed by atoms with van der Waals surface area (Å²) in [6.07, 6.45) is 2.02. The second kappa shape index (κ2) is 12.5. The zero-order valence-corrected chi connectivity index (χ0v) is 18.2. The van der Waals surface area contributed by atoms with Crippen LogP contribution in [0.2, 0.25) is 0 Å². The van der Waals surface area contributed by atoms with Gasteiger partial charge in [-0.3, -0.25) is 4.79 Å². The molecule has 0 heterocycles. The average Bonchev–Trinajstić information content (AvgIpc) is 2.82. The number of rotatable bonds is 13. The number of hydrogen-bond acceptors (Lipinski definition) is 4. The van der Waals surface area contributed by atoms with Gasteiger partial charge in [0.25, 0.3) is 0 Å². The first kappa shape index (κ1) is 23.4. The molecule has 0 amide bonds. The van der Waals surface area contributed by atoms with E-state index in [1.54, 1.807) is 0 Å². The minimum Gasteiger partial charge on any atom is -0.493 e. The van der Waals surface area contributed by atoms with E-state index in [-0.39, 0.29) is 6.42 Å². The highest BCUT2D eigenvalue weighted by Gasteiger charge is 2.09. The van der Waals surface area contributed by atoms with Gasteiger partial charge in [-0.25, -0.2) is 0 Å². The van der Waals surface area contributed by atoms with E-state index in [9.17, 15) is 9.90 Å². The summed E-state index contributed by atoms with van der Waals surface area (Å²) in [6, 6.07) is 26.0. The molecule has 5 nitrogen and oxygen atoms in total. The molecular weight excluding hydrogens is 402 g/mol. The van der Waals surface area contributed by atoms with E-state index in [4.69, 9.17) is 9.84 Å². The molecule has 5 heteroatoms. The minimum absolute atomic E-state index is 0.0717. The Balaban J connectivity index is 1.41. The van der Waals surface area contributed by atoms with E-state index in [1.807, 2.05) is 48.5 Å². The summed E-state index contributed by atoms with van der Waals surface area (Å²) in [5.41, 5.74) is 4.37. The zero-order chi connectivity index (χ0) is 22.6. The number of aliphatic carboxylic acids is 1. The predicted octanol–water partition coefficient (Wildman–Crippen LogP) is 5.08. The summed E-state index contributed by atoms with van der Waals surface area (Å²) < 4.78 is 5.82. The van der Waals surface area contributed by atoms with Crippen LogP contribution in [0.1, 0.15) is 36.0 Å². The van der Waals surface area contributed by atoms with Crippen LogP contribution in [0.15, 0.2) is 78.9 Å². The van der Waals surface area contributed by atoms with E-state index in [2.05, 4.69) is 35.6 Å². The van der Waals surface area contributed by atoms with Crippen LogP contribution in [-0.2, 0) is 24.2 Å². The lowest BCUT2D eigenvalue weighted by molar-refractivity contribution is -0.136. The molecule has 0 aliphatic rings. The first-order valence-corrected chi connectivity index (χ1v) is 11.1. The number of carboxylic acid groups (broad SMARTS) is 1. The van der Waals surface area contributed by atoms with Crippen molar-refractivity contribution in [1.82, 2.24) is 0 Å². The molecule has 32 heavy (non-hydrogen) atoms. The molecule has 0 saturated carbocycles. The van der Waals surface area contributed by atoms with Crippen molar-refractivity contribution >= 4 is 11.7 Å². The predicted molar refractivity (Wildman–Crippen MR) is 127 cm³/mol. The van der Waals surface area contributed by atoms with Crippen molar-refractivity contribution in [2.24, 2.45) is 0 Å². The second-order valence-corrected chi connectivity index (χ2v) is 7.87. The van der Waals surface area contributed by atoms with Gasteiger partial charge in [-0.15, -0.1) is 0 Å². The standard InChI is InChI=1S/C27H31NO4/c29-25(17-18-32-26-12-5-4-10-23(26)14-16-27(30)31)15-13-21-9-6-11-24(19-21)28-20-22-7-2-1-3-8-22/h1-12,19,25,28-29H,13-18,20H2,(H,30,31)/t25-/m0/s1. The van der Waals surface area contributed by atoms with Crippen LogP contribution in [-0.4, -0.2) is 28.9 Å². The molecule has 168 valence electrons. The molecule has 3 aromatic carbocycles. The van der Waals surface area contributed by atoms with Gasteiger partial charge >= 0.3 is 5.97 Å². The van der Waals surface area contributed by atoms with Gasteiger partial charge in [-0.2, -0.15) is 0 Å². The second-order valence-electron chi connectivity index (χ2n) is 7.87. The first-order chi connectivity index (χ1) is 15.6. The molecule has 0 aliphatic carbocycles. The molecule has 0 aromatic heterocycles. The molecule has 0 saturated heterocycles. The van der Waals surface area contributed by atoms with Crippen molar-refractivity contribution in [1.29, 1.82) is 0 Å². The van der Waals surface area contributed by atoms with Crippen molar-refractivity contribution < 1.29 is 19.7 Å². The van der Waals surface area contributed by atoms with Gasteiger partial charge in [-0.1, -0.05) is 60.7 Å². The summed E-state index contributed by atoms with van der Waals surface area (Å²) in [5, 5.41) is 22.7. The molecule has 0 fully saturated rings. The van der Waals surface area contributed by atoms with E-state index < -0.39 is 12.1 Å². The number of aliphatic hydroxyl groups excluding tert-OH is 1. The molecule has 3 rings (SSSR count). The van der Waals surface area contributed by atoms with Gasteiger partial charge in [0.1, 0.15) is 5.75 Å². The normalized spacial score (nSPS) is 11.7. The molecule has 0 spiro atoms. The highest BCUT2D eigenvalue weighted by atomic mass is 16.5.